The molecule has 11 nitrogen and oxygen atoms in total. The molecule has 12 heteroatoms. The predicted octanol–water partition coefficient (Wildman–Crippen LogP) is 7.99. The summed E-state index contributed by atoms with van der Waals surface area (Å²) >= 11 is 0. The topological polar surface area (TPSA) is 182 Å². The van der Waals surface area contributed by atoms with E-state index in [4.69, 9.17) is 10.5 Å². The summed E-state index contributed by atoms with van der Waals surface area (Å²) in [5, 5.41) is 6.25. The molecule has 0 atom stereocenters. The van der Waals surface area contributed by atoms with Crippen LogP contribution in [0, 0.1) is 0 Å². The molecule has 0 saturated heterocycles. The Hall–Kier alpha value is -7.15. The first-order valence-corrected chi connectivity index (χ1v) is 17.9. The second kappa shape index (κ2) is 12.8. The molecule has 0 unspecified atom stereocenters. The third-order valence-electron chi connectivity index (χ3n) is 9.29. The average Bonchev–Trinajstić information content (AvgIpc) is 3.17. The van der Waals surface area contributed by atoms with Crippen LogP contribution in [0.2, 0.25) is 0 Å². The summed E-state index contributed by atoms with van der Waals surface area (Å²) in [5.41, 5.74) is 7.98. The lowest BCUT2D eigenvalue weighted by molar-refractivity contribution is 0.0979. The molecular formula is C42H27N3O8S. The van der Waals surface area contributed by atoms with Crippen LogP contribution in [0.1, 0.15) is 69.2 Å². The number of carbonyl (C=O) groups excluding carboxylic acids is 4. The van der Waals surface area contributed by atoms with Gasteiger partial charge in [0.05, 0.1) is 33.8 Å². The van der Waals surface area contributed by atoms with Crippen LogP contribution in [0.5, 0.6) is 11.5 Å². The molecule has 0 bridgehead atoms. The Kier molecular flexibility index (Phi) is 8.06. The molecule has 0 radical (unpaired) electrons. The van der Waals surface area contributed by atoms with Crippen molar-refractivity contribution in [3.8, 4) is 11.5 Å². The van der Waals surface area contributed by atoms with Crippen LogP contribution in [-0.2, 0) is 10.1 Å². The van der Waals surface area contributed by atoms with Crippen molar-refractivity contribution >= 4 is 67.8 Å². The van der Waals surface area contributed by atoms with E-state index in [9.17, 15) is 32.1 Å². The van der Waals surface area contributed by atoms with Crippen molar-refractivity contribution in [2.45, 2.75) is 4.90 Å². The molecule has 0 amide bonds. The second-order valence-electron chi connectivity index (χ2n) is 12.5. The van der Waals surface area contributed by atoms with Gasteiger partial charge in [-0.15, -0.1) is 0 Å². The Morgan fingerprint density at radius 2 is 1.07 bits per heavy atom. The van der Waals surface area contributed by atoms with Crippen LogP contribution >= 0.6 is 0 Å². The largest absolute Gasteiger partial charge is 0.457 e. The molecule has 0 aromatic heterocycles. The van der Waals surface area contributed by atoms with Gasteiger partial charge in [-0.2, -0.15) is 8.42 Å². The van der Waals surface area contributed by atoms with E-state index in [2.05, 4.69) is 17.2 Å². The fraction of sp³-hybridized carbons (Fsp3) is 0. The Morgan fingerprint density at radius 3 is 1.63 bits per heavy atom. The Bertz CT molecular complexity index is 2770. The summed E-state index contributed by atoms with van der Waals surface area (Å²) in [6, 6.07) is 30.6. The first-order valence-electron chi connectivity index (χ1n) is 16.5. The van der Waals surface area contributed by atoms with E-state index in [0.29, 0.717) is 28.6 Å². The Labute approximate surface area is 308 Å². The summed E-state index contributed by atoms with van der Waals surface area (Å²) in [7, 11) is -4.91. The number of para-hydroxylation sites is 1. The van der Waals surface area contributed by atoms with Gasteiger partial charge in [-0.25, -0.2) is 0 Å². The molecule has 0 spiro atoms. The van der Waals surface area contributed by atoms with Crippen LogP contribution in [0.4, 0.5) is 28.4 Å². The first-order chi connectivity index (χ1) is 25.9. The molecule has 2 aliphatic rings. The predicted molar refractivity (Wildman–Crippen MR) is 203 cm³/mol. The lowest BCUT2D eigenvalue weighted by Gasteiger charge is -2.24. The number of hydrogen-bond donors (Lipinski definition) is 4. The van der Waals surface area contributed by atoms with Gasteiger partial charge in [0.15, 0.2) is 23.1 Å². The zero-order valence-corrected chi connectivity index (χ0v) is 28.9. The summed E-state index contributed by atoms with van der Waals surface area (Å²) < 4.78 is 40.9. The van der Waals surface area contributed by atoms with Gasteiger partial charge in [0, 0.05) is 50.8 Å². The highest BCUT2D eigenvalue weighted by molar-refractivity contribution is 7.86. The number of fused-ring (bicyclic) bond motifs is 4. The number of nitrogen functional groups attached to an aromatic ring is 1. The molecule has 2 aliphatic carbocycles. The van der Waals surface area contributed by atoms with Crippen molar-refractivity contribution < 1.29 is 36.9 Å². The number of carbonyl (C=O) groups is 4. The van der Waals surface area contributed by atoms with Crippen molar-refractivity contribution in [3.05, 3.63) is 172 Å². The second-order valence-corrected chi connectivity index (χ2v) is 13.9. The minimum absolute atomic E-state index is 0.0563. The minimum Gasteiger partial charge on any atom is -0.457 e. The number of nitrogens with two attached hydrogens (primary N) is 1. The molecule has 0 aliphatic heterocycles. The number of hydrogen-bond acceptors (Lipinski definition) is 10. The highest BCUT2D eigenvalue weighted by Crippen LogP contribution is 2.41. The number of anilines is 5. The molecule has 6 aromatic carbocycles. The highest BCUT2D eigenvalue weighted by Gasteiger charge is 2.37. The molecule has 6 aromatic rings. The maximum Gasteiger partial charge on any atom is 0.296 e. The number of rotatable bonds is 8. The van der Waals surface area contributed by atoms with Crippen molar-refractivity contribution in [2.24, 2.45) is 0 Å². The maximum atomic E-state index is 13.9. The van der Waals surface area contributed by atoms with Crippen molar-refractivity contribution in [1.82, 2.24) is 0 Å². The molecule has 0 heterocycles. The van der Waals surface area contributed by atoms with Gasteiger partial charge in [0.2, 0.25) is 0 Å². The van der Waals surface area contributed by atoms with E-state index in [1.165, 1.54) is 12.1 Å². The van der Waals surface area contributed by atoms with Gasteiger partial charge in [0.25, 0.3) is 10.1 Å². The van der Waals surface area contributed by atoms with Gasteiger partial charge in [0.1, 0.15) is 16.4 Å². The van der Waals surface area contributed by atoms with Crippen molar-refractivity contribution in [2.75, 3.05) is 16.4 Å². The van der Waals surface area contributed by atoms with Gasteiger partial charge in [-0.3, -0.25) is 23.7 Å². The number of ether oxygens (including phenoxy) is 1. The molecule has 0 saturated carbocycles. The zero-order chi connectivity index (χ0) is 37.9. The van der Waals surface area contributed by atoms with Crippen molar-refractivity contribution in [3.63, 3.8) is 0 Å². The lowest BCUT2D eigenvalue weighted by atomic mass is 9.82. The standard InChI is InChI=1S/C42H27N3O8S/c1-2-22-9-3-8-14-33(22)53-25-19-30-35(40(47)27-11-5-4-10-26(27)39(30)46)31(20-25)44-23-15-17-24(18-16-23)45-32-21-34(54(50,51)52)38(43)37-36(32)41(48)28-12-6-7-13-29(28)42(37)49/h2-21,44-45H,1,43H2,(H,50,51,52). The summed E-state index contributed by atoms with van der Waals surface area (Å²) in [4.78, 5) is 54.2. The molecule has 5 N–H and O–H groups in total. The fourth-order valence-electron chi connectivity index (χ4n) is 6.78. The lowest BCUT2D eigenvalue weighted by Crippen LogP contribution is -2.25. The summed E-state index contributed by atoms with van der Waals surface area (Å²) in [6.45, 7) is 3.84. The smallest absolute Gasteiger partial charge is 0.296 e. The summed E-state index contributed by atoms with van der Waals surface area (Å²) in [6.07, 6.45) is 1.64. The third-order valence-corrected chi connectivity index (χ3v) is 10.2. The van der Waals surface area contributed by atoms with Gasteiger partial charge < -0.3 is 21.1 Å². The van der Waals surface area contributed by atoms with E-state index < -0.39 is 32.3 Å². The number of ketones is 4. The van der Waals surface area contributed by atoms with E-state index in [1.54, 1.807) is 91.0 Å². The van der Waals surface area contributed by atoms with Crippen LogP contribution < -0.4 is 21.1 Å². The van der Waals surface area contributed by atoms with Gasteiger partial charge in [-0.1, -0.05) is 79.4 Å². The van der Waals surface area contributed by atoms with Crippen LogP contribution in [0.25, 0.3) is 6.08 Å². The van der Waals surface area contributed by atoms with E-state index in [0.717, 1.165) is 11.6 Å². The third kappa shape index (κ3) is 5.62. The quantitative estimate of drug-likeness (QED) is 0.0877. The average molecular weight is 734 g/mol. The van der Waals surface area contributed by atoms with E-state index in [-0.39, 0.29) is 61.8 Å². The van der Waals surface area contributed by atoms with Gasteiger partial charge in [-0.05, 0) is 42.5 Å². The summed E-state index contributed by atoms with van der Waals surface area (Å²) in [5.74, 6) is -1.11. The van der Waals surface area contributed by atoms with Crippen molar-refractivity contribution in [1.29, 1.82) is 0 Å². The molecule has 8 rings (SSSR count). The molecule has 54 heavy (non-hydrogen) atoms. The minimum atomic E-state index is -4.91. The fourth-order valence-corrected chi connectivity index (χ4v) is 7.43. The van der Waals surface area contributed by atoms with Crippen LogP contribution in [0.3, 0.4) is 0 Å². The monoisotopic (exact) mass is 733 g/mol. The Balaban J connectivity index is 1.17. The number of benzene rings is 6. The molecular weight excluding hydrogens is 707 g/mol. The molecule has 0 fully saturated rings. The Morgan fingerprint density at radius 1 is 0.593 bits per heavy atom. The first kappa shape index (κ1) is 34.0. The SMILES string of the molecule is C=Cc1ccccc1Oc1cc(Nc2ccc(Nc3cc(S(=O)(=O)O)c(N)c4c3C(=O)c3ccccc3C4=O)cc2)c2c(c1)C(=O)c1ccccc1C2=O. The van der Waals surface area contributed by atoms with Crippen LogP contribution in [-0.4, -0.2) is 36.1 Å². The highest BCUT2D eigenvalue weighted by atomic mass is 32.2. The van der Waals surface area contributed by atoms with Crippen LogP contribution in [0.15, 0.2) is 127 Å². The van der Waals surface area contributed by atoms with E-state index in [1.807, 2.05) is 12.1 Å². The number of nitrogens with one attached hydrogen (secondary N) is 2. The molecule has 264 valence electrons. The normalized spacial score (nSPS) is 13.0. The van der Waals surface area contributed by atoms with E-state index >= 15 is 0 Å². The van der Waals surface area contributed by atoms with Gasteiger partial charge >= 0.3 is 0 Å². The maximum absolute atomic E-state index is 13.9. The zero-order valence-electron chi connectivity index (χ0n) is 28.0.